The van der Waals surface area contributed by atoms with Gasteiger partial charge < -0.3 is 10.6 Å². The van der Waals surface area contributed by atoms with E-state index in [1.54, 1.807) is 30.3 Å². The van der Waals surface area contributed by atoms with Crippen LogP contribution in [0.15, 0.2) is 46.2 Å². The summed E-state index contributed by atoms with van der Waals surface area (Å²) in [4.78, 5) is 25.6. The quantitative estimate of drug-likeness (QED) is 0.668. The number of benzene rings is 2. The predicted octanol–water partition coefficient (Wildman–Crippen LogP) is 4.12. The summed E-state index contributed by atoms with van der Waals surface area (Å²) in [5.74, 6) is -0.521. The maximum atomic E-state index is 13.2. The standard InChI is InChI=1S/C22H24ClN3O4S2/c1-13-11-16(23)3-5-18(13)24-22(28)15-7-9-26(10-8-15)32(29,30)17-4-6-20-19(12-17)25-21(27)14(2)31-20/h3-6,11-12,14-15H,7-10H2,1-2H3,(H,24,28)(H,25,27). The first kappa shape index (κ1) is 23.1. The number of fused-ring (bicyclic) bond motifs is 1. The molecule has 0 aromatic heterocycles. The van der Waals surface area contributed by atoms with Gasteiger partial charge in [-0.3, -0.25) is 9.59 Å². The van der Waals surface area contributed by atoms with Gasteiger partial charge >= 0.3 is 0 Å². The lowest BCUT2D eigenvalue weighted by atomic mass is 9.97. The zero-order valence-corrected chi connectivity index (χ0v) is 20.1. The smallest absolute Gasteiger partial charge is 0.243 e. The Hall–Kier alpha value is -2.07. The molecule has 32 heavy (non-hydrogen) atoms. The number of carbonyl (C=O) groups excluding carboxylic acids is 2. The molecule has 170 valence electrons. The molecule has 1 saturated heterocycles. The number of rotatable bonds is 4. The van der Waals surface area contributed by atoms with E-state index in [0.717, 1.165) is 10.5 Å². The fraction of sp³-hybridized carbons (Fsp3) is 0.364. The molecule has 2 aliphatic heterocycles. The third-order valence-corrected chi connectivity index (χ3v) is 9.10. The maximum absolute atomic E-state index is 13.2. The highest BCUT2D eigenvalue weighted by Gasteiger charge is 2.33. The molecular weight excluding hydrogens is 470 g/mol. The van der Waals surface area contributed by atoms with Crippen molar-refractivity contribution in [3.63, 3.8) is 0 Å². The topological polar surface area (TPSA) is 95.6 Å². The van der Waals surface area contributed by atoms with Crippen LogP contribution < -0.4 is 10.6 Å². The number of aryl methyl sites for hydroxylation is 1. The van der Waals surface area contributed by atoms with Gasteiger partial charge in [-0.25, -0.2) is 8.42 Å². The van der Waals surface area contributed by atoms with E-state index in [0.29, 0.717) is 29.2 Å². The number of sulfonamides is 1. The molecule has 0 spiro atoms. The second-order valence-electron chi connectivity index (χ2n) is 8.03. The Morgan fingerprint density at radius 3 is 2.59 bits per heavy atom. The molecule has 7 nitrogen and oxygen atoms in total. The van der Waals surface area contributed by atoms with Crippen LogP contribution in [0, 0.1) is 12.8 Å². The van der Waals surface area contributed by atoms with E-state index in [4.69, 9.17) is 11.6 Å². The number of nitrogens with zero attached hydrogens (tertiary/aromatic N) is 1. The van der Waals surface area contributed by atoms with Gasteiger partial charge in [0.15, 0.2) is 0 Å². The third kappa shape index (κ3) is 4.66. The number of nitrogens with one attached hydrogen (secondary N) is 2. The number of amides is 2. The Morgan fingerprint density at radius 2 is 1.91 bits per heavy atom. The van der Waals surface area contributed by atoms with Crippen LogP contribution in [0.2, 0.25) is 5.02 Å². The molecule has 0 aliphatic carbocycles. The van der Waals surface area contributed by atoms with Gasteiger partial charge in [-0.05, 0) is 68.7 Å². The zero-order valence-electron chi connectivity index (χ0n) is 17.7. The minimum absolute atomic E-state index is 0.116. The number of hydrogen-bond acceptors (Lipinski definition) is 5. The number of anilines is 2. The van der Waals surface area contributed by atoms with Crippen molar-refractivity contribution >= 4 is 56.6 Å². The van der Waals surface area contributed by atoms with Crippen molar-refractivity contribution in [2.75, 3.05) is 23.7 Å². The third-order valence-electron chi connectivity index (χ3n) is 5.79. The highest BCUT2D eigenvalue weighted by molar-refractivity contribution is 8.01. The molecule has 2 amide bonds. The van der Waals surface area contributed by atoms with Gasteiger partial charge in [0, 0.05) is 34.6 Å². The highest BCUT2D eigenvalue weighted by Crippen LogP contribution is 2.37. The summed E-state index contributed by atoms with van der Waals surface area (Å²) < 4.78 is 27.7. The van der Waals surface area contributed by atoms with E-state index in [9.17, 15) is 18.0 Å². The molecule has 1 fully saturated rings. The molecule has 1 atom stereocenters. The van der Waals surface area contributed by atoms with Crippen molar-refractivity contribution in [1.29, 1.82) is 0 Å². The predicted molar refractivity (Wildman–Crippen MR) is 127 cm³/mol. The van der Waals surface area contributed by atoms with Crippen LogP contribution in [0.1, 0.15) is 25.3 Å². The molecule has 0 saturated carbocycles. The normalized spacial score (nSPS) is 19.8. The fourth-order valence-electron chi connectivity index (χ4n) is 3.86. The van der Waals surface area contributed by atoms with E-state index in [-0.39, 0.29) is 41.0 Å². The number of carbonyl (C=O) groups is 2. The van der Waals surface area contributed by atoms with Gasteiger partial charge in [0.25, 0.3) is 0 Å². The van der Waals surface area contributed by atoms with Crippen LogP contribution in [-0.2, 0) is 19.6 Å². The van der Waals surface area contributed by atoms with Crippen LogP contribution in [0.5, 0.6) is 0 Å². The van der Waals surface area contributed by atoms with Crippen LogP contribution in [-0.4, -0.2) is 42.9 Å². The van der Waals surface area contributed by atoms with Gasteiger partial charge in [0.05, 0.1) is 15.8 Å². The number of thioether (sulfide) groups is 1. The average molecular weight is 494 g/mol. The van der Waals surface area contributed by atoms with Crippen molar-refractivity contribution in [1.82, 2.24) is 4.31 Å². The molecule has 1 unspecified atom stereocenters. The molecule has 2 aromatic rings. The minimum atomic E-state index is -3.72. The first-order chi connectivity index (χ1) is 15.1. The summed E-state index contributed by atoms with van der Waals surface area (Å²) in [6, 6.07) is 10.1. The summed E-state index contributed by atoms with van der Waals surface area (Å²) >= 11 is 7.38. The summed E-state index contributed by atoms with van der Waals surface area (Å²) in [5, 5.41) is 6.09. The molecule has 10 heteroatoms. The lowest BCUT2D eigenvalue weighted by Gasteiger charge is -2.31. The van der Waals surface area contributed by atoms with Crippen LogP contribution in [0.25, 0.3) is 0 Å². The molecule has 2 heterocycles. The van der Waals surface area contributed by atoms with E-state index in [1.807, 2.05) is 13.8 Å². The Kier molecular flexibility index (Phi) is 6.53. The molecule has 2 aromatic carbocycles. The zero-order chi connectivity index (χ0) is 23.0. The van der Waals surface area contributed by atoms with E-state index in [2.05, 4.69) is 10.6 Å². The summed E-state index contributed by atoms with van der Waals surface area (Å²) in [6.45, 7) is 4.20. The summed E-state index contributed by atoms with van der Waals surface area (Å²) in [5.41, 5.74) is 2.10. The Balaban J connectivity index is 1.42. The Bertz CT molecular complexity index is 1180. The van der Waals surface area contributed by atoms with Gasteiger partial charge in [-0.15, -0.1) is 11.8 Å². The van der Waals surface area contributed by atoms with Crippen LogP contribution in [0.4, 0.5) is 11.4 Å². The van der Waals surface area contributed by atoms with Crippen molar-refractivity contribution < 1.29 is 18.0 Å². The maximum Gasteiger partial charge on any atom is 0.243 e. The molecule has 4 rings (SSSR count). The highest BCUT2D eigenvalue weighted by atomic mass is 35.5. The van der Waals surface area contributed by atoms with Gasteiger partial charge in [0.1, 0.15) is 0 Å². The van der Waals surface area contributed by atoms with E-state index >= 15 is 0 Å². The van der Waals surface area contributed by atoms with Gasteiger partial charge in [0.2, 0.25) is 21.8 Å². The van der Waals surface area contributed by atoms with Crippen molar-refractivity contribution in [3.8, 4) is 0 Å². The summed E-state index contributed by atoms with van der Waals surface area (Å²) in [6.07, 6.45) is 0.874. The molecule has 2 aliphatic rings. The fourth-order valence-corrected chi connectivity index (χ4v) is 6.51. The lowest BCUT2D eigenvalue weighted by Crippen LogP contribution is -2.41. The van der Waals surface area contributed by atoms with Crippen molar-refractivity contribution in [2.24, 2.45) is 5.92 Å². The molecular formula is C22H24ClN3O4S2. The van der Waals surface area contributed by atoms with Gasteiger partial charge in [-0.2, -0.15) is 4.31 Å². The largest absolute Gasteiger partial charge is 0.326 e. The molecule has 0 radical (unpaired) electrons. The minimum Gasteiger partial charge on any atom is -0.326 e. The SMILES string of the molecule is Cc1cc(Cl)ccc1NC(=O)C1CCN(S(=O)(=O)c2ccc3c(c2)NC(=O)C(C)S3)CC1. The second kappa shape index (κ2) is 9.05. The van der Waals surface area contributed by atoms with E-state index in [1.165, 1.54) is 22.1 Å². The van der Waals surface area contributed by atoms with Crippen LogP contribution >= 0.6 is 23.4 Å². The molecule has 0 bridgehead atoms. The Labute approximate surface area is 196 Å². The van der Waals surface area contributed by atoms with E-state index < -0.39 is 10.0 Å². The lowest BCUT2D eigenvalue weighted by molar-refractivity contribution is -0.121. The monoisotopic (exact) mass is 493 g/mol. The van der Waals surface area contributed by atoms with Crippen LogP contribution in [0.3, 0.4) is 0 Å². The average Bonchev–Trinajstić information content (AvgIpc) is 2.76. The van der Waals surface area contributed by atoms with Crippen molar-refractivity contribution in [2.45, 2.75) is 41.7 Å². The number of hydrogen-bond donors (Lipinski definition) is 2. The molecule has 2 N–H and O–H groups in total. The first-order valence-corrected chi connectivity index (χ1v) is 13.0. The number of halogens is 1. The Morgan fingerprint density at radius 1 is 1.19 bits per heavy atom. The van der Waals surface area contributed by atoms with Crippen molar-refractivity contribution in [3.05, 3.63) is 47.0 Å². The van der Waals surface area contributed by atoms with Gasteiger partial charge in [-0.1, -0.05) is 11.6 Å². The number of piperidine rings is 1. The summed E-state index contributed by atoms with van der Waals surface area (Å²) in [7, 11) is -3.72. The second-order valence-corrected chi connectivity index (χ2v) is 11.8. The first-order valence-electron chi connectivity index (χ1n) is 10.3.